The van der Waals surface area contributed by atoms with Gasteiger partial charge in [0.25, 0.3) is 0 Å². The molecule has 0 saturated carbocycles. The van der Waals surface area contributed by atoms with E-state index in [2.05, 4.69) is 4.98 Å². The van der Waals surface area contributed by atoms with E-state index < -0.39 is 36.4 Å². The van der Waals surface area contributed by atoms with E-state index in [1.807, 2.05) is 0 Å². The van der Waals surface area contributed by atoms with Gasteiger partial charge in [-0.25, -0.2) is 9.37 Å². The molecular formula is C21H17F4NO4. The van der Waals surface area contributed by atoms with Gasteiger partial charge in [0.15, 0.2) is 6.10 Å². The lowest BCUT2D eigenvalue weighted by Crippen LogP contribution is -2.20. The van der Waals surface area contributed by atoms with Crippen molar-refractivity contribution in [3.05, 3.63) is 77.7 Å². The minimum Gasteiger partial charge on any atom is -0.457 e. The zero-order valence-electron chi connectivity index (χ0n) is 15.3. The second-order valence-corrected chi connectivity index (χ2v) is 6.40. The molecule has 0 amide bonds. The molecule has 3 aromatic rings. The number of alkyl halides is 3. The summed E-state index contributed by atoms with van der Waals surface area (Å²) in [6.07, 6.45) is -9.00. The standard InChI is InChI=1S/C21H17F4NO4/c22-13-6-9-19(15(10-13)20(29)21(23,24)25)30-14-7-4-12(5-8-14)16-2-1-3-17(26-16)18(28)11-27/h1-10,18,20,27-29H,11H2. The van der Waals surface area contributed by atoms with Crippen LogP contribution in [0.1, 0.15) is 23.5 Å². The summed E-state index contributed by atoms with van der Waals surface area (Å²) in [7, 11) is 0. The Bertz CT molecular complexity index is 1010. The zero-order chi connectivity index (χ0) is 21.9. The third kappa shape index (κ3) is 4.93. The summed E-state index contributed by atoms with van der Waals surface area (Å²) < 4.78 is 57.5. The second kappa shape index (κ2) is 8.78. The molecule has 0 aliphatic carbocycles. The fraction of sp³-hybridized carbons (Fsp3) is 0.190. The summed E-state index contributed by atoms with van der Waals surface area (Å²) >= 11 is 0. The maximum absolute atomic E-state index is 13.4. The van der Waals surface area contributed by atoms with Crippen molar-refractivity contribution in [1.29, 1.82) is 0 Å². The van der Waals surface area contributed by atoms with Crippen LogP contribution in [0.25, 0.3) is 11.3 Å². The van der Waals surface area contributed by atoms with Gasteiger partial charge in [0.05, 0.1) is 18.0 Å². The first-order valence-corrected chi connectivity index (χ1v) is 8.77. The van der Waals surface area contributed by atoms with Crippen molar-refractivity contribution in [3.8, 4) is 22.8 Å². The summed E-state index contributed by atoms with van der Waals surface area (Å²) in [5, 5.41) is 28.2. The molecule has 3 rings (SSSR count). The summed E-state index contributed by atoms with van der Waals surface area (Å²) in [5.41, 5.74) is 0.678. The van der Waals surface area contributed by atoms with Crippen molar-refractivity contribution in [1.82, 2.24) is 4.98 Å². The Hall–Kier alpha value is -3.01. The molecule has 5 nitrogen and oxygen atoms in total. The minimum absolute atomic E-state index is 0.160. The predicted octanol–water partition coefficient (Wildman–Crippen LogP) is 4.30. The number of aliphatic hydroxyl groups is 3. The Morgan fingerprint density at radius 2 is 1.67 bits per heavy atom. The lowest BCUT2D eigenvalue weighted by molar-refractivity contribution is -0.207. The van der Waals surface area contributed by atoms with Crippen molar-refractivity contribution in [2.45, 2.75) is 18.4 Å². The van der Waals surface area contributed by atoms with Crippen LogP contribution in [0.3, 0.4) is 0 Å². The smallest absolute Gasteiger partial charge is 0.418 e. The first kappa shape index (κ1) is 21.7. The molecule has 0 saturated heterocycles. The molecule has 0 spiro atoms. The Kier molecular flexibility index (Phi) is 6.35. The van der Waals surface area contributed by atoms with Crippen LogP contribution >= 0.6 is 0 Å². The number of halogens is 4. The Balaban J connectivity index is 1.85. The Morgan fingerprint density at radius 1 is 0.967 bits per heavy atom. The van der Waals surface area contributed by atoms with E-state index in [1.54, 1.807) is 30.3 Å². The average Bonchev–Trinajstić information content (AvgIpc) is 2.74. The maximum Gasteiger partial charge on any atom is 0.418 e. The van der Waals surface area contributed by atoms with E-state index in [4.69, 9.17) is 9.84 Å². The summed E-state index contributed by atoms with van der Waals surface area (Å²) in [4.78, 5) is 4.25. The molecule has 1 heterocycles. The first-order valence-electron chi connectivity index (χ1n) is 8.77. The number of ether oxygens (including phenoxy) is 1. The molecule has 0 bridgehead atoms. The monoisotopic (exact) mass is 423 g/mol. The number of aromatic nitrogens is 1. The molecule has 0 fully saturated rings. The number of nitrogens with zero attached hydrogens (tertiary/aromatic N) is 1. The first-order chi connectivity index (χ1) is 14.2. The van der Waals surface area contributed by atoms with Crippen LogP contribution in [-0.2, 0) is 0 Å². The molecule has 2 atom stereocenters. The number of benzene rings is 2. The number of rotatable bonds is 6. The fourth-order valence-corrected chi connectivity index (χ4v) is 2.71. The van der Waals surface area contributed by atoms with Crippen LogP contribution in [0.2, 0.25) is 0 Å². The van der Waals surface area contributed by atoms with Crippen molar-refractivity contribution >= 4 is 0 Å². The van der Waals surface area contributed by atoms with Crippen LogP contribution in [0.4, 0.5) is 17.6 Å². The summed E-state index contributed by atoms with van der Waals surface area (Å²) in [6, 6.07) is 13.5. The van der Waals surface area contributed by atoms with E-state index in [0.29, 0.717) is 17.3 Å². The normalized spacial score (nSPS) is 13.7. The lowest BCUT2D eigenvalue weighted by atomic mass is 10.1. The molecule has 30 heavy (non-hydrogen) atoms. The molecule has 158 valence electrons. The van der Waals surface area contributed by atoms with Crippen LogP contribution in [0, 0.1) is 5.82 Å². The quantitative estimate of drug-likeness (QED) is 0.515. The van der Waals surface area contributed by atoms with E-state index in [1.165, 1.54) is 12.1 Å². The Labute approximate surface area is 168 Å². The van der Waals surface area contributed by atoms with Crippen molar-refractivity contribution in [3.63, 3.8) is 0 Å². The highest BCUT2D eigenvalue weighted by atomic mass is 19.4. The van der Waals surface area contributed by atoms with E-state index in [-0.39, 0.29) is 17.2 Å². The number of hydrogen-bond acceptors (Lipinski definition) is 5. The average molecular weight is 423 g/mol. The predicted molar refractivity (Wildman–Crippen MR) is 99.2 cm³/mol. The number of hydrogen-bond donors (Lipinski definition) is 3. The zero-order valence-corrected chi connectivity index (χ0v) is 15.3. The van der Waals surface area contributed by atoms with Gasteiger partial charge in [0, 0.05) is 11.1 Å². The highest BCUT2D eigenvalue weighted by molar-refractivity contribution is 5.60. The third-order valence-corrected chi connectivity index (χ3v) is 4.24. The lowest BCUT2D eigenvalue weighted by Gasteiger charge is -2.18. The van der Waals surface area contributed by atoms with Gasteiger partial charge in [-0.2, -0.15) is 13.2 Å². The highest BCUT2D eigenvalue weighted by Gasteiger charge is 2.41. The van der Waals surface area contributed by atoms with Gasteiger partial charge >= 0.3 is 6.18 Å². The Morgan fingerprint density at radius 3 is 2.30 bits per heavy atom. The second-order valence-electron chi connectivity index (χ2n) is 6.40. The van der Waals surface area contributed by atoms with E-state index >= 15 is 0 Å². The molecule has 1 aromatic heterocycles. The van der Waals surface area contributed by atoms with Gasteiger partial charge in [-0.3, -0.25) is 0 Å². The molecule has 0 aliphatic heterocycles. The molecule has 3 N–H and O–H groups in total. The number of aliphatic hydroxyl groups excluding tert-OH is 3. The minimum atomic E-state index is -4.98. The topological polar surface area (TPSA) is 82.8 Å². The van der Waals surface area contributed by atoms with Crippen molar-refractivity contribution in [2.24, 2.45) is 0 Å². The SMILES string of the molecule is OCC(O)c1cccc(-c2ccc(Oc3ccc(F)cc3C(O)C(F)(F)F)cc2)n1. The van der Waals surface area contributed by atoms with Gasteiger partial charge < -0.3 is 20.1 Å². The largest absolute Gasteiger partial charge is 0.457 e. The molecule has 0 aliphatic rings. The van der Waals surface area contributed by atoms with E-state index in [0.717, 1.165) is 12.1 Å². The van der Waals surface area contributed by atoms with Gasteiger partial charge in [-0.05, 0) is 54.6 Å². The fourth-order valence-electron chi connectivity index (χ4n) is 2.71. The van der Waals surface area contributed by atoms with Crippen molar-refractivity contribution < 1.29 is 37.6 Å². The highest BCUT2D eigenvalue weighted by Crippen LogP contribution is 2.39. The van der Waals surface area contributed by atoms with Gasteiger partial charge in [0.2, 0.25) is 0 Å². The molecule has 2 unspecified atom stereocenters. The van der Waals surface area contributed by atoms with Gasteiger partial charge in [-0.15, -0.1) is 0 Å². The van der Waals surface area contributed by atoms with Crippen LogP contribution in [0.15, 0.2) is 60.7 Å². The van der Waals surface area contributed by atoms with Crippen LogP contribution in [-0.4, -0.2) is 33.1 Å². The van der Waals surface area contributed by atoms with Crippen molar-refractivity contribution in [2.75, 3.05) is 6.61 Å². The number of pyridine rings is 1. The maximum atomic E-state index is 13.4. The van der Waals surface area contributed by atoms with Crippen LogP contribution < -0.4 is 4.74 Å². The summed E-state index contributed by atoms with van der Waals surface area (Å²) in [6.45, 7) is -0.479. The van der Waals surface area contributed by atoms with Crippen LogP contribution in [0.5, 0.6) is 11.5 Å². The molecular weight excluding hydrogens is 406 g/mol. The molecule has 2 aromatic carbocycles. The van der Waals surface area contributed by atoms with E-state index in [9.17, 15) is 27.8 Å². The molecule has 0 radical (unpaired) electrons. The molecule has 9 heteroatoms. The third-order valence-electron chi connectivity index (χ3n) is 4.24. The van der Waals surface area contributed by atoms with Gasteiger partial charge in [0.1, 0.15) is 23.4 Å². The van der Waals surface area contributed by atoms with Gasteiger partial charge in [-0.1, -0.05) is 6.07 Å². The summed E-state index contributed by atoms with van der Waals surface area (Å²) in [5.74, 6) is -1.11.